The minimum atomic E-state index is 0.0998. The molecule has 2 aliphatic heterocycles. The molecule has 3 nitrogen and oxygen atoms in total. The molecular weight excluding hydrogens is 208 g/mol. The lowest BCUT2D eigenvalue weighted by Gasteiger charge is -2.15. The molecule has 15 heavy (non-hydrogen) atoms. The van der Waals surface area contributed by atoms with Crippen molar-refractivity contribution in [2.45, 2.75) is 16.2 Å². The van der Waals surface area contributed by atoms with Gasteiger partial charge in [-0.25, -0.2) is 0 Å². The average Bonchev–Trinajstić information content (AvgIpc) is 2.46. The fraction of sp³-hybridized carbons (Fsp3) is 0.364. The van der Waals surface area contributed by atoms with Gasteiger partial charge in [-0.15, -0.1) is 11.8 Å². The number of hydrogen-bond donors (Lipinski definition) is 2. The number of nitrogens with one attached hydrogen (secondary N) is 2. The maximum Gasteiger partial charge on any atom is 0.234 e. The van der Waals surface area contributed by atoms with Crippen molar-refractivity contribution in [3.05, 3.63) is 29.8 Å². The van der Waals surface area contributed by atoms with Crippen LogP contribution in [0.15, 0.2) is 29.2 Å². The van der Waals surface area contributed by atoms with Crippen molar-refractivity contribution in [2.24, 2.45) is 0 Å². The van der Waals surface area contributed by atoms with E-state index in [0.29, 0.717) is 12.5 Å². The predicted octanol–water partition coefficient (Wildman–Crippen LogP) is 0.921. The molecule has 0 aliphatic carbocycles. The van der Waals surface area contributed by atoms with Gasteiger partial charge in [0.2, 0.25) is 5.91 Å². The summed E-state index contributed by atoms with van der Waals surface area (Å²) in [4.78, 5) is 12.7. The zero-order chi connectivity index (χ0) is 10.3. The largest absolute Gasteiger partial charge is 0.342 e. The van der Waals surface area contributed by atoms with Crippen LogP contribution in [-0.2, 0) is 4.79 Å². The maximum atomic E-state index is 11.4. The van der Waals surface area contributed by atoms with Gasteiger partial charge in [-0.1, -0.05) is 18.2 Å². The second-order valence-electron chi connectivity index (χ2n) is 3.88. The van der Waals surface area contributed by atoms with Crippen LogP contribution in [0, 0.1) is 0 Å². The minimum absolute atomic E-state index is 0.0998. The Bertz CT molecular complexity index is 407. The molecule has 1 amide bonds. The van der Waals surface area contributed by atoms with Crippen molar-refractivity contribution < 1.29 is 4.79 Å². The van der Waals surface area contributed by atoms with Crippen molar-refractivity contribution in [3.63, 3.8) is 0 Å². The number of fused-ring (bicyclic) bond motifs is 3. The van der Waals surface area contributed by atoms with Crippen LogP contribution in [0.2, 0.25) is 0 Å². The number of amides is 1. The number of thioether (sulfide) groups is 1. The molecule has 1 aromatic rings. The molecule has 0 radical (unpaired) electrons. The van der Waals surface area contributed by atoms with Crippen LogP contribution in [-0.4, -0.2) is 24.4 Å². The molecule has 2 atom stereocenters. The van der Waals surface area contributed by atoms with Gasteiger partial charge in [0.25, 0.3) is 0 Å². The lowest BCUT2D eigenvalue weighted by molar-refractivity contribution is -0.120. The van der Waals surface area contributed by atoms with Crippen molar-refractivity contribution in [1.82, 2.24) is 10.6 Å². The highest BCUT2D eigenvalue weighted by Gasteiger charge is 2.35. The standard InChI is InChI=1S/C11H12N2OS/c14-10-6-12-5-8-7-3-1-2-4-9(7)15-11(8)13-10/h1-4,8,11-12H,5-6H2,(H,13,14). The normalized spacial score (nSPS) is 28.9. The minimum Gasteiger partial charge on any atom is -0.342 e. The van der Waals surface area contributed by atoms with E-state index in [1.807, 2.05) is 6.07 Å². The topological polar surface area (TPSA) is 41.1 Å². The number of carbonyl (C=O) groups excluding carboxylic acids is 1. The lowest BCUT2D eigenvalue weighted by Crippen LogP contribution is -2.34. The summed E-state index contributed by atoms with van der Waals surface area (Å²) in [6.45, 7) is 1.32. The molecule has 78 valence electrons. The SMILES string of the molecule is O=C1CNCC2c3ccccc3SC2N1. The molecular formula is C11H12N2OS. The highest BCUT2D eigenvalue weighted by molar-refractivity contribution is 8.00. The molecule has 1 fully saturated rings. The Morgan fingerprint density at radius 1 is 1.33 bits per heavy atom. The summed E-state index contributed by atoms with van der Waals surface area (Å²) in [5.74, 6) is 0.514. The molecule has 0 aromatic heterocycles. The van der Waals surface area contributed by atoms with Gasteiger partial charge in [0.1, 0.15) is 0 Å². The average molecular weight is 220 g/mol. The molecule has 0 bridgehead atoms. The van der Waals surface area contributed by atoms with Crippen molar-refractivity contribution in [3.8, 4) is 0 Å². The Morgan fingerprint density at radius 3 is 3.13 bits per heavy atom. The van der Waals surface area contributed by atoms with E-state index in [1.54, 1.807) is 11.8 Å². The summed E-state index contributed by atoms with van der Waals surface area (Å²) in [5, 5.41) is 6.45. The van der Waals surface area contributed by atoms with E-state index in [9.17, 15) is 4.79 Å². The number of benzene rings is 1. The van der Waals surface area contributed by atoms with Gasteiger partial charge in [0.05, 0.1) is 11.9 Å². The summed E-state index contributed by atoms with van der Waals surface area (Å²) >= 11 is 1.77. The summed E-state index contributed by atoms with van der Waals surface area (Å²) in [5.41, 5.74) is 1.36. The molecule has 1 saturated heterocycles. The van der Waals surface area contributed by atoms with Crippen molar-refractivity contribution >= 4 is 17.7 Å². The zero-order valence-electron chi connectivity index (χ0n) is 8.19. The maximum absolute atomic E-state index is 11.4. The van der Waals surface area contributed by atoms with Crippen molar-refractivity contribution in [2.75, 3.05) is 13.1 Å². The zero-order valence-corrected chi connectivity index (χ0v) is 9.01. The molecule has 4 heteroatoms. The van der Waals surface area contributed by atoms with Crippen molar-refractivity contribution in [1.29, 1.82) is 0 Å². The molecule has 2 aliphatic rings. The van der Waals surface area contributed by atoms with Crippen LogP contribution in [0.25, 0.3) is 0 Å². The number of carbonyl (C=O) groups is 1. The highest BCUT2D eigenvalue weighted by atomic mass is 32.2. The molecule has 0 spiro atoms. The van der Waals surface area contributed by atoms with Gasteiger partial charge in [0, 0.05) is 17.4 Å². The molecule has 2 N–H and O–H groups in total. The van der Waals surface area contributed by atoms with E-state index in [4.69, 9.17) is 0 Å². The van der Waals surface area contributed by atoms with Gasteiger partial charge >= 0.3 is 0 Å². The van der Waals surface area contributed by atoms with E-state index in [2.05, 4.69) is 28.8 Å². The smallest absolute Gasteiger partial charge is 0.234 e. The molecule has 3 rings (SSSR count). The summed E-state index contributed by atoms with van der Waals surface area (Å²) in [6.07, 6.45) is 0. The summed E-state index contributed by atoms with van der Waals surface area (Å²) in [7, 11) is 0. The first kappa shape index (κ1) is 9.24. The summed E-state index contributed by atoms with van der Waals surface area (Å²) in [6, 6.07) is 8.40. The Morgan fingerprint density at radius 2 is 2.20 bits per heavy atom. The van der Waals surface area contributed by atoms with Crippen LogP contribution in [0.1, 0.15) is 11.5 Å². The van der Waals surface area contributed by atoms with Gasteiger partial charge in [-0.2, -0.15) is 0 Å². The monoisotopic (exact) mass is 220 g/mol. The van der Waals surface area contributed by atoms with Crippen LogP contribution in [0.5, 0.6) is 0 Å². The first-order valence-electron chi connectivity index (χ1n) is 5.10. The molecule has 2 heterocycles. The Hall–Kier alpha value is -1.00. The van der Waals surface area contributed by atoms with Crippen LogP contribution in [0.3, 0.4) is 0 Å². The van der Waals surface area contributed by atoms with Crippen LogP contribution >= 0.6 is 11.8 Å². The summed E-state index contributed by atoms with van der Waals surface area (Å²) < 4.78 is 0. The first-order chi connectivity index (χ1) is 7.34. The predicted molar refractivity (Wildman–Crippen MR) is 59.8 cm³/mol. The molecule has 0 saturated carbocycles. The molecule has 1 aromatic carbocycles. The fourth-order valence-corrected chi connectivity index (χ4v) is 3.56. The number of hydrogen-bond acceptors (Lipinski definition) is 3. The van der Waals surface area contributed by atoms with Crippen LogP contribution < -0.4 is 10.6 Å². The van der Waals surface area contributed by atoms with E-state index >= 15 is 0 Å². The first-order valence-corrected chi connectivity index (χ1v) is 5.98. The molecule has 2 unspecified atom stereocenters. The Kier molecular flexibility index (Phi) is 2.18. The van der Waals surface area contributed by atoms with E-state index in [-0.39, 0.29) is 11.3 Å². The van der Waals surface area contributed by atoms with E-state index < -0.39 is 0 Å². The second kappa shape index (κ2) is 3.54. The third-order valence-electron chi connectivity index (χ3n) is 2.89. The third kappa shape index (κ3) is 1.54. The highest BCUT2D eigenvalue weighted by Crippen LogP contribution is 2.43. The second-order valence-corrected chi connectivity index (χ2v) is 5.06. The van der Waals surface area contributed by atoms with Gasteiger partial charge < -0.3 is 10.6 Å². The quantitative estimate of drug-likeness (QED) is 0.683. The Balaban J connectivity index is 1.96. The van der Waals surface area contributed by atoms with Gasteiger partial charge in [-0.3, -0.25) is 4.79 Å². The van der Waals surface area contributed by atoms with Crippen LogP contribution in [0.4, 0.5) is 0 Å². The third-order valence-corrected chi connectivity index (χ3v) is 4.22. The fourth-order valence-electron chi connectivity index (χ4n) is 2.17. The van der Waals surface area contributed by atoms with Gasteiger partial charge in [-0.05, 0) is 11.6 Å². The number of rotatable bonds is 0. The Labute approximate surface area is 92.6 Å². The lowest BCUT2D eigenvalue weighted by atomic mass is 9.99. The van der Waals surface area contributed by atoms with E-state index in [1.165, 1.54) is 10.5 Å². The van der Waals surface area contributed by atoms with E-state index in [0.717, 1.165) is 6.54 Å². The van der Waals surface area contributed by atoms with Gasteiger partial charge in [0.15, 0.2) is 0 Å².